The van der Waals surface area contributed by atoms with Crippen molar-refractivity contribution in [2.45, 2.75) is 50.3 Å². The number of sulfonamides is 1. The topological polar surface area (TPSA) is 75.7 Å². The zero-order valence-corrected chi connectivity index (χ0v) is 12.8. The molecule has 0 spiro atoms. The monoisotopic (exact) mass is 304 g/mol. The van der Waals surface area contributed by atoms with Crippen molar-refractivity contribution in [2.75, 3.05) is 26.2 Å². The Hall–Kier alpha value is -0.660. The number of carbonyl (C=O) groups is 1. The van der Waals surface area contributed by atoms with Crippen molar-refractivity contribution in [3.63, 3.8) is 0 Å². The van der Waals surface area contributed by atoms with E-state index >= 15 is 0 Å². The molecule has 1 aliphatic heterocycles. The Morgan fingerprint density at radius 2 is 2.00 bits per heavy atom. The molecule has 0 aromatic heterocycles. The molecule has 1 atom stereocenters. The molecular formula is C13H24N2O4S. The van der Waals surface area contributed by atoms with Crippen LogP contribution in [-0.2, 0) is 19.6 Å². The van der Waals surface area contributed by atoms with E-state index in [9.17, 15) is 13.2 Å². The van der Waals surface area contributed by atoms with Crippen LogP contribution in [0.3, 0.4) is 0 Å². The predicted molar refractivity (Wildman–Crippen MR) is 75.8 cm³/mol. The highest BCUT2D eigenvalue weighted by molar-refractivity contribution is 7.89. The van der Waals surface area contributed by atoms with Crippen LogP contribution in [0.5, 0.6) is 0 Å². The van der Waals surface area contributed by atoms with Gasteiger partial charge in [-0.05, 0) is 19.8 Å². The van der Waals surface area contributed by atoms with E-state index in [1.54, 1.807) is 6.92 Å². The largest absolute Gasteiger partial charge is 0.465 e. The molecule has 116 valence electrons. The SMILES string of the molecule is CCOC(=O)C1CNCCN1S(=O)(=O)C1CCCCC1. The number of rotatable bonds is 4. The number of nitrogens with one attached hydrogen (secondary N) is 1. The van der Waals surface area contributed by atoms with E-state index in [0.717, 1.165) is 19.3 Å². The van der Waals surface area contributed by atoms with Crippen molar-refractivity contribution < 1.29 is 17.9 Å². The summed E-state index contributed by atoms with van der Waals surface area (Å²) in [5.74, 6) is -0.445. The maximum atomic E-state index is 12.8. The summed E-state index contributed by atoms with van der Waals surface area (Å²) in [5.41, 5.74) is 0. The molecule has 2 fully saturated rings. The molecule has 20 heavy (non-hydrogen) atoms. The lowest BCUT2D eigenvalue weighted by Gasteiger charge is -2.36. The second-order valence-corrected chi connectivity index (χ2v) is 7.55. The Kier molecular flexibility index (Phi) is 5.40. The molecule has 6 nitrogen and oxygen atoms in total. The first-order valence-electron chi connectivity index (χ1n) is 7.45. The van der Waals surface area contributed by atoms with Gasteiger partial charge in [0.25, 0.3) is 0 Å². The molecule has 1 aliphatic carbocycles. The van der Waals surface area contributed by atoms with Gasteiger partial charge in [-0.25, -0.2) is 8.42 Å². The molecule has 2 rings (SSSR count). The van der Waals surface area contributed by atoms with E-state index in [4.69, 9.17) is 4.74 Å². The summed E-state index contributed by atoms with van der Waals surface area (Å²) in [6.45, 7) is 3.27. The number of esters is 1. The van der Waals surface area contributed by atoms with Crippen LogP contribution in [0.4, 0.5) is 0 Å². The number of hydrogen-bond acceptors (Lipinski definition) is 5. The fraction of sp³-hybridized carbons (Fsp3) is 0.923. The minimum Gasteiger partial charge on any atom is -0.465 e. The molecule has 0 bridgehead atoms. The molecule has 0 aromatic rings. The van der Waals surface area contributed by atoms with Gasteiger partial charge in [0, 0.05) is 19.6 Å². The van der Waals surface area contributed by atoms with Crippen LogP contribution < -0.4 is 5.32 Å². The summed E-state index contributed by atoms with van der Waals surface area (Å²) in [4.78, 5) is 12.0. The van der Waals surface area contributed by atoms with Gasteiger partial charge in [0.1, 0.15) is 6.04 Å². The van der Waals surface area contributed by atoms with Gasteiger partial charge in [-0.1, -0.05) is 19.3 Å². The van der Waals surface area contributed by atoms with Gasteiger partial charge >= 0.3 is 5.97 Å². The van der Waals surface area contributed by atoms with Crippen LogP contribution in [0, 0.1) is 0 Å². The Morgan fingerprint density at radius 3 is 2.65 bits per heavy atom. The van der Waals surface area contributed by atoms with Gasteiger partial charge in [-0.15, -0.1) is 0 Å². The Morgan fingerprint density at radius 1 is 1.30 bits per heavy atom. The average Bonchev–Trinajstić information content (AvgIpc) is 2.48. The summed E-state index contributed by atoms with van der Waals surface area (Å²) >= 11 is 0. The fourth-order valence-electron chi connectivity index (χ4n) is 2.98. The zero-order valence-electron chi connectivity index (χ0n) is 12.0. The first kappa shape index (κ1) is 15.7. The van der Waals surface area contributed by atoms with Crippen molar-refractivity contribution in [1.82, 2.24) is 9.62 Å². The summed E-state index contributed by atoms with van der Waals surface area (Å²) in [5, 5.41) is 2.74. The first-order chi connectivity index (χ1) is 9.57. The van der Waals surface area contributed by atoms with Gasteiger partial charge in [-0.2, -0.15) is 4.31 Å². The maximum absolute atomic E-state index is 12.8. The smallest absolute Gasteiger partial charge is 0.325 e. The van der Waals surface area contributed by atoms with Crippen LogP contribution in [-0.4, -0.2) is 56.2 Å². The van der Waals surface area contributed by atoms with E-state index in [-0.39, 0.29) is 11.9 Å². The van der Waals surface area contributed by atoms with E-state index in [1.165, 1.54) is 4.31 Å². The van der Waals surface area contributed by atoms with E-state index in [0.29, 0.717) is 32.5 Å². The van der Waals surface area contributed by atoms with Crippen LogP contribution >= 0.6 is 0 Å². The minimum absolute atomic E-state index is 0.270. The van der Waals surface area contributed by atoms with E-state index in [1.807, 2.05) is 0 Å². The lowest BCUT2D eigenvalue weighted by atomic mass is 10.0. The highest BCUT2D eigenvalue weighted by Gasteiger charge is 2.41. The van der Waals surface area contributed by atoms with Gasteiger partial charge < -0.3 is 10.1 Å². The minimum atomic E-state index is -3.41. The molecule has 1 saturated carbocycles. The molecule has 0 amide bonds. The molecule has 0 aromatic carbocycles. The van der Waals surface area contributed by atoms with E-state index in [2.05, 4.69) is 5.32 Å². The van der Waals surface area contributed by atoms with Crippen LogP contribution in [0.15, 0.2) is 0 Å². The highest BCUT2D eigenvalue weighted by atomic mass is 32.2. The molecule has 1 N–H and O–H groups in total. The van der Waals surface area contributed by atoms with Crippen molar-refractivity contribution in [1.29, 1.82) is 0 Å². The Bertz CT molecular complexity index is 432. The summed E-state index contributed by atoms with van der Waals surface area (Å²) in [6.07, 6.45) is 4.44. The maximum Gasteiger partial charge on any atom is 0.325 e. The van der Waals surface area contributed by atoms with Crippen molar-refractivity contribution in [2.24, 2.45) is 0 Å². The summed E-state index contributed by atoms with van der Waals surface area (Å²) in [7, 11) is -3.41. The quantitative estimate of drug-likeness (QED) is 0.765. The standard InChI is InChI=1S/C13H24N2O4S/c1-2-19-13(16)12-10-14-8-9-15(12)20(17,18)11-6-4-3-5-7-11/h11-12,14H,2-10H2,1H3. The fourth-order valence-corrected chi connectivity index (χ4v) is 5.16. The van der Waals surface area contributed by atoms with E-state index < -0.39 is 22.0 Å². The van der Waals surface area contributed by atoms with Gasteiger partial charge in [0.05, 0.1) is 11.9 Å². The second kappa shape index (κ2) is 6.87. The normalized spacial score (nSPS) is 26.4. The lowest BCUT2D eigenvalue weighted by molar-refractivity contribution is -0.148. The van der Waals surface area contributed by atoms with Gasteiger partial charge in [-0.3, -0.25) is 4.79 Å². The lowest BCUT2D eigenvalue weighted by Crippen LogP contribution is -2.59. The van der Waals surface area contributed by atoms with Crippen LogP contribution in [0.2, 0.25) is 0 Å². The van der Waals surface area contributed by atoms with Gasteiger partial charge in [0.15, 0.2) is 0 Å². The number of ether oxygens (including phenoxy) is 1. The third kappa shape index (κ3) is 3.32. The number of hydrogen-bond donors (Lipinski definition) is 1. The predicted octanol–water partition coefficient (Wildman–Crippen LogP) is 0.486. The molecular weight excluding hydrogens is 280 g/mol. The van der Waals surface area contributed by atoms with Crippen LogP contribution in [0.1, 0.15) is 39.0 Å². The van der Waals surface area contributed by atoms with Crippen LogP contribution in [0.25, 0.3) is 0 Å². The average molecular weight is 304 g/mol. The summed E-state index contributed by atoms with van der Waals surface area (Å²) in [6, 6.07) is -0.712. The summed E-state index contributed by atoms with van der Waals surface area (Å²) < 4.78 is 31.9. The van der Waals surface area contributed by atoms with Crippen molar-refractivity contribution in [3.8, 4) is 0 Å². The molecule has 0 radical (unpaired) electrons. The van der Waals surface area contributed by atoms with Gasteiger partial charge in [0.2, 0.25) is 10.0 Å². The third-order valence-corrected chi connectivity index (χ3v) is 6.46. The molecule has 2 aliphatic rings. The number of carbonyl (C=O) groups excluding carboxylic acids is 1. The Balaban J connectivity index is 2.15. The molecule has 1 saturated heterocycles. The molecule has 1 heterocycles. The molecule has 7 heteroatoms. The number of nitrogens with zero attached hydrogens (tertiary/aromatic N) is 1. The van der Waals surface area contributed by atoms with Crippen molar-refractivity contribution in [3.05, 3.63) is 0 Å². The third-order valence-electron chi connectivity index (χ3n) is 4.05. The first-order valence-corrected chi connectivity index (χ1v) is 8.95. The zero-order chi connectivity index (χ0) is 14.6. The molecule has 1 unspecified atom stereocenters. The second-order valence-electron chi connectivity index (χ2n) is 5.39. The Labute approximate surface area is 120 Å². The van der Waals surface area contributed by atoms with Crippen molar-refractivity contribution >= 4 is 16.0 Å². The highest BCUT2D eigenvalue weighted by Crippen LogP contribution is 2.27. The number of piperazine rings is 1.